The summed E-state index contributed by atoms with van der Waals surface area (Å²) in [4.78, 5) is 46.9. The van der Waals surface area contributed by atoms with Gasteiger partial charge in [0.1, 0.15) is 12.1 Å². The molecule has 4 N–H and O–H groups in total. The van der Waals surface area contributed by atoms with Crippen LogP contribution in [0.3, 0.4) is 0 Å². The Morgan fingerprint density at radius 3 is 1.57 bits per heavy atom. The molecule has 0 radical (unpaired) electrons. The first-order chi connectivity index (χ1) is 19.3. The van der Waals surface area contributed by atoms with Crippen molar-refractivity contribution in [2.45, 2.75) is 155 Å². The fourth-order valence-electron chi connectivity index (χ4n) is 4.65. The molecule has 8 nitrogen and oxygen atoms in total. The minimum atomic E-state index is -1.10. The van der Waals surface area contributed by atoms with Gasteiger partial charge in [-0.25, -0.2) is 4.79 Å². The van der Waals surface area contributed by atoms with Crippen LogP contribution in [0.2, 0.25) is 0 Å². The van der Waals surface area contributed by atoms with Gasteiger partial charge in [-0.15, -0.1) is 0 Å². The summed E-state index contributed by atoms with van der Waals surface area (Å²) in [5.41, 5.74) is 0. The highest BCUT2D eigenvalue weighted by Gasteiger charge is 2.25. The summed E-state index contributed by atoms with van der Waals surface area (Å²) in [5, 5.41) is 17.4. The Labute approximate surface area is 248 Å². The fraction of sp³-hybridized carbons (Fsp3) is 0.871. The van der Waals surface area contributed by atoms with Gasteiger partial charge in [0.25, 0.3) is 0 Å². The maximum absolute atomic E-state index is 12.7. The fourth-order valence-corrected chi connectivity index (χ4v) is 5.69. The third-order valence-corrected chi connectivity index (χ3v) is 8.18. The van der Waals surface area contributed by atoms with Crippen molar-refractivity contribution >= 4 is 35.5 Å². The Hall–Kier alpha value is -1.77. The number of carboxylic acids is 1. The van der Waals surface area contributed by atoms with Crippen LogP contribution in [-0.2, 0) is 19.2 Å². The van der Waals surface area contributed by atoms with Crippen molar-refractivity contribution in [3.63, 3.8) is 0 Å². The zero-order valence-electron chi connectivity index (χ0n) is 25.7. The van der Waals surface area contributed by atoms with Crippen molar-refractivity contribution in [2.75, 3.05) is 18.1 Å². The van der Waals surface area contributed by atoms with Crippen LogP contribution in [0.25, 0.3) is 0 Å². The van der Waals surface area contributed by atoms with Gasteiger partial charge in [-0.2, -0.15) is 11.8 Å². The van der Waals surface area contributed by atoms with E-state index in [1.54, 1.807) is 11.8 Å². The molecule has 3 amide bonds. The monoisotopic (exact) mass is 585 g/mol. The van der Waals surface area contributed by atoms with Crippen molar-refractivity contribution in [3.05, 3.63) is 0 Å². The van der Waals surface area contributed by atoms with Gasteiger partial charge in [0.05, 0.1) is 0 Å². The smallest absolute Gasteiger partial charge is 0.326 e. The zero-order valence-corrected chi connectivity index (χ0v) is 26.5. The summed E-state index contributed by atoms with van der Waals surface area (Å²) in [6.07, 6.45) is 22.7. The summed E-state index contributed by atoms with van der Waals surface area (Å²) in [7, 11) is 0. The number of carboxylic acid groups (broad SMARTS) is 1. The molecule has 0 saturated carbocycles. The summed E-state index contributed by atoms with van der Waals surface area (Å²) in [6, 6.07) is -1.78. The summed E-state index contributed by atoms with van der Waals surface area (Å²) in [6.45, 7) is 5.53. The molecule has 0 bridgehead atoms. The minimum Gasteiger partial charge on any atom is -0.480 e. The van der Waals surface area contributed by atoms with E-state index in [4.69, 9.17) is 0 Å². The summed E-state index contributed by atoms with van der Waals surface area (Å²) < 4.78 is 0. The molecular weight excluding hydrogens is 526 g/mol. The number of hydrogen-bond donors (Lipinski definition) is 4. The number of unbranched alkanes of at least 4 members (excludes halogenated alkanes) is 16. The molecule has 0 aliphatic rings. The number of nitrogens with one attached hydrogen (secondary N) is 3. The van der Waals surface area contributed by atoms with Crippen LogP contribution >= 0.6 is 11.8 Å². The molecule has 2 atom stereocenters. The largest absolute Gasteiger partial charge is 0.480 e. The average Bonchev–Trinajstić information content (AvgIpc) is 2.90. The highest BCUT2D eigenvalue weighted by atomic mass is 32.2. The van der Waals surface area contributed by atoms with Crippen molar-refractivity contribution < 1.29 is 24.3 Å². The first kappa shape index (κ1) is 38.2. The van der Waals surface area contributed by atoms with Crippen LogP contribution in [0.4, 0.5) is 0 Å². The third kappa shape index (κ3) is 25.2. The van der Waals surface area contributed by atoms with Gasteiger partial charge >= 0.3 is 5.97 Å². The van der Waals surface area contributed by atoms with Gasteiger partial charge in [0, 0.05) is 26.1 Å². The predicted octanol–water partition coefficient (Wildman–Crippen LogP) is 6.36. The highest BCUT2D eigenvalue weighted by Crippen LogP contribution is 2.15. The Bertz CT molecular complexity index is 677. The maximum Gasteiger partial charge on any atom is 0.326 e. The first-order valence-corrected chi connectivity index (χ1v) is 17.1. The number of amides is 3. The van der Waals surface area contributed by atoms with Gasteiger partial charge < -0.3 is 21.1 Å². The molecule has 0 fully saturated rings. The van der Waals surface area contributed by atoms with E-state index in [2.05, 4.69) is 22.9 Å². The minimum absolute atomic E-state index is 0.127. The average molecular weight is 586 g/mol. The zero-order chi connectivity index (χ0) is 29.8. The van der Waals surface area contributed by atoms with E-state index in [1.165, 1.54) is 110 Å². The Kier molecular flexibility index (Phi) is 26.2. The SMILES string of the molecule is CCCCCCCCCCCCCCCCCCSC[C@@H](NC(C)=O)C(=O)N[C@@H](CCCCNC(C)=O)C(=O)O. The van der Waals surface area contributed by atoms with E-state index < -0.39 is 24.0 Å². The predicted molar refractivity (Wildman–Crippen MR) is 167 cm³/mol. The maximum atomic E-state index is 12.7. The Balaban J connectivity index is 3.94. The molecular formula is C31H59N3O5S. The lowest BCUT2D eigenvalue weighted by atomic mass is 10.0. The van der Waals surface area contributed by atoms with Crippen LogP contribution in [-0.4, -0.2) is 58.9 Å². The van der Waals surface area contributed by atoms with Crippen LogP contribution in [0, 0.1) is 0 Å². The van der Waals surface area contributed by atoms with E-state index in [0.717, 1.165) is 12.2 Å². The third-order valence-electron chi connectivity index (χ3n) is 7.03. The van der Waals surface area contributed by atoms with Gasteiger partial charge in [-0.05, 0) is 31.4 Å². The molecule has 0 rings (SSSR count). The number of rotatable bonds is 28. The lowest BCUT2D eigenvalue weighted by molar-refractivity contribution is -0.142. The molecule has 0 aromatic heterocycles. The van der Waals surface area contributed by atoms with Crippen molar-refractivity contribution in [3.8, 4) is 0 Å². The molecule has 0 spiro atoms. The molecule has 9 heteroatoms. The van der Waals surface area contributed by atoms with E-state index >= 15 is 0 Å². The number of hydrogen-bond acceptors (Lipinski definition) is 5. The highest BCUT2D eigenvalue weighted by molar-refractivity contribution is 7.99. The number of aliphatic carboxylic acids is 1. The van der Waals surface area contributed by atoms with Gasteiger partial charge in [0.15, 0.2) is 0 Å². The number of carbonyl (C=O) groups excluding carboxylic acids is 3. The second-order valence-corrected chi connectivity index (χ2v) is 12.2. The Morgan fingerprint density at radius 1 is 0.625 bits per heavy atom. The molecule has 0 aliphatic heterocycles. The van der Waals surface area contributed by atoms with E-state index in [9.17, 15) is 24.3 Å². The van der Waals surface area contributed by atoms with Gasteiger partial charge in [0.2, 0.25) is 17.7 Å². The standard InChI is InChI=1S/C31H59N3O5S/c1-4-5-6-7-8-9-10-11-12-13-14-15-16-17-18-21-24-40-25-29(33-27(3)36)30(37)34-28(31(38)39)22-19-20-23-32-26(2)35/h28-29H,4-25H2,1-3H3,(H,32,35)(H,33,36)(H,34,37)(H,38,39)/t28-,29+/m0/s1. The molecule has 0 aromatic rings. The number of thioether (sulfide) groups is 1. The molecule has 40 heavy (non-hydrogen) atoms. The molecule has 234 valence electrons. The van der Waals surface area contributed by atoms with Crippen LogP contribution in [0.1, 0.15) is 143 Å². The summed E-state index contributed by atoms with van der Waals surface area (Å²) >= 11 is 1.62. The van der Waals surface area contributed by atoms with Crippen molar-refractivity contribution in [2.24, 2.45) is 0 Å². The quantitative estimate of drug-likeness (QED) is 0.0792. The van der Waals surface area contributed by atoms with E-state index in [1.807, 2.05) is 0 Å². The Morgan fingerprint density at radius 2 is 1.12 bits per heavy atom. The topological polar surface area (TPSA) is 125 Å². The van der Waals surface area contributed by atoms with Gasteiger partial charge in [-0.3, -0.25) is 14.4 Å². The lowest BCUT2D eigenvalue weighted by Crippen LogP contribution is -2.52. The molecule has 0 heterocycles. The van der Waals surface area contributed by atoms with Crippen molar-refractivity contribution in [1.29, 1.82) is 0 Å². The molecule has 0 aromatic carbocycles. The first-order valence-electron chi connectivity index (χ1n) is 15.9. The summed E-state index contributed by atoms with van der Waals surface area (Å²) in [5.74, 6) is -0.685. The van der Waals surface area contributed by atoms with E-state index in [-0.39, 0.29) is 18.2 Å². The van der Waals surface area contributed by atoms with Crippen LogP contribution < -0.4 is 16.0 Å². The van der Waals surface area contributed by atoms with Gasteiger partial charge in [-0.1, -0.05) is 103 Å². The van der Waals surface area contributed by atoms with Crippen LogP contribution in [0.15, 0.2) is 0 Å². The number of carbonyl (C=O) groups is 4. The second kappa shape index (κ2) is 27.4. The normalized spacial score (nSPS) is 12.5. The molecule has 0 saturated heterocycles. The molecule has 0 unspecified atom stereocenters. The molecule has 0 aliphatic carbocycles. The lowest BCUT2D eigenvalue weighted by Gasteiger charge is -2.21. The van der Waals surface area contributed by atoms with Crippen LogP contribution in [0.5, 0.6) is 0 Å². The second-order valence-electron chi connectivity index (χ2n) is 11.0. The van der Waals surface area contributed by atoms with E-state index in [0.29, 0.717) is 25.1 Å². The van der Waals surface area contributed by atoms with Crippen molar-refractivity contribution in [1.82, 2.24) is 16.0 Å².